The first-order valence-corrected chi connectivity index (χ1v) is 4.35. The number of nitrogens with one attached hydrogen (secondary N) is 1. The average Bonchev–Trinajstić information content (AvgIpc) is 2.50. The van der Waals surface area contributed by atoms with E-state index in [-0.39, 0.29) is 6.61 Å². The molecule has 1 aromatic heterocycles. The Morgan fingerprint density at radius 2 is 2.55 bits per heavy atom. The van der Waals surface area contributed by atoms with Crippen LogP contribution in [-0.4, -0.2) is 18.3 Å². The number of thiophene rings is 1. The molecule has 2 N–H and O–H groups in total. The largest absolute Gasteiger partial charge is 0.398 e. The van der Waals surface area contributed by atoms with Gasteiger partial charge in [-0.15, -0.1) is 11.3 Å². The van der Waals surface area contributed by atoms with Gasteiger partial charge >= 0.3 is 0 Å². The molecule has 0 bridgehead atoms. The molecule has 1 rings (SSSR count). The Morgan fingerprint density at radius 1 is 1.64 bits per heavy atom. The zero-order valence-electron chi connectivity index (χ0n) is 6.12. The second-order valence-corrected chi connectivity index (χ2v) is 2.92. The predicted octanol–water partition coefficient (Wildman–Crippen LogP) is 1.01. The molecule has 3 nitrogen and oxygen atoms in total. The van der Waals surface area contributed by atoms with E-state index < -0.39 is 0 Å². The molecule has 0 aliphatic heterocycles. The number of aliphatic hydroxyl groups excluding tert-OH is 1. The summed E-state index contributed by atoms with van der Waals surface area (Å²) in [5.74, 6) is 0. The maximum Gasteiger partial charge on any atom is 0.200 e. The molecular formula is C7H11NO2S. The third kappa shape index (κ3) is 3.36. The molecule has 0 radical (unpaired) electrons. The van der Waals surface area contributed by atoms with Crippen LogP contribution in [0.2, 0.25) is 0 Å². The molecule has 0 atom stereocenters. The van der Waals surface area contributed by atoms with Crippen molar-refractivity contribution in [3.63, 3.8) is 0 Å². The Balaban J connectivity index is 2.04. The number of hydrogen-bond acceptors (Lipinski definition) is 4. The van der Waals surface area contributed by atoms with Gasteiger partial charge in [-0.2, -0.15) is 5.48 Å². The number of hydroxylamine groups is 1. The van der Waals surface area contributed by atoms with Gasteiger partial charge in [-0.3, -0.25) is 0 Å². The van der Waals surface area contributed by atoms with Crippen LogP contribution in [-0.2, 0) is 0 Å². The molecular weight excluding hydrogens is 162 g/mol. The van der Waals surface area contributed by atoms with Crippen LogP contribution in [0.3, 0.4) is 0 Å². The second-order valence-electron chi connectivity index (χ2n) is 2.01. The third-order valence-corrected chi connectivity index (χ3v) is 1.85. The van der Waals surface area contributed by atoms with Gasteiger partial charge < -0.3 is 9.94 Å². The molecule has 0 amide bonds. The standard InChI is InChI=1S/C7H11NO2S/c9-5-2-4-8-10-7-3-1-6-11-7/h1,3,6,8-9H,2,4-5H2. The van der Waals surface area contributed by atoms with E-state index >= 15 is 0 Å². The first-order valence-electron chi connectivity index (χ1n) is 3.47. The summed E-state index contributed by atoms with van der Waals surface area (Å²) >= 11 is 1.53. The van der Waals surface area contributed by atoms with Gasteiger partial charge in [-0.1, -0.05) is 0 Å². The highest BCUT2D eigenvalue weighted by Gasteiger charge is 1.91. The monoisotopic (exact) mass is 173 g/mol. The first kappa shape index (κ1) is 8.52. The van der Waals surface area contributed by atoms with E-state index in [0.29, 0.717) is 13.0 Å². The fourth-order valence-corrected chi connectivity index (χ4v) is 1.15. The maximum atomic E-state index is 8.43. The highest BCUT2D eigenvalue weighted by atomic mass is 32.1. The van der Waals surface area contributed by atoms with E-state index in [2.05, 4.69) is 5.48 Å². The summed E-state index contributed by atoms with van der Waals surface area (Å²) in [4.78, 5) is 5.11. The molecule has 0 saturated heterocycles. The molecule has 0 aliphatic rings. The predicted molar refractivity (Wildman–Crippen MR) is 44.7 cm³/mol. The van der Waals surface area contributed by atoms with Crippen molar-refractivity contribution >= 4 is 11.3 Å². The van der Waals surface area contributed by atoms with Gasteiger partial charge in [0.1, 0.15) is 0 Å². The lowest BCUT2D eigenvalue weighted by molar-refractivity contribution is 0.186. The van der Waals surface area contributed by atoms with Crippen LogP contribution in [0.25, 0.3) is 0 Å². The van der Waals surface area contributed by atoms with E-state index in [9.17, 15) is 0 Å². The quantitative estimate of drug-likeness (QED) is 0.516. The van der Waals surface area contributed by atoms with Crippen LogP contribution in [0.5, 0.6) is 5.06 Å². The van der Waals surface area contributed by atoms with Gasteiger partial charge in [0.2, 0.25) is 5.06 Å². The van der Waals surface area contributed by atoms with Crippen molar-refractivity contribution in [1.82, 2.24) is 5.48 Å². The molecule has 4 heteroatoms. The zero-order valence-corrected chi connectivity index (χ0v) is 6.93. The van der Waals surface area contributed by atoms with Gasteiger partial charge in [0, 0.05) is 13.2 Å². The lowest BCUT2D eigenvalue weighted by Crippen LogP contribution is -2.19. The summed E-state index contributed by atoms with van der Waals surface area (Å²) < 4.78 is 0. The van der Waals surface area contributed by atoms with Crippen LogP contribution >= 0.6 is 11.3 Å². The van der Waals surface area contributed by atoms with Crippen molar-refractivity contribution in [2.45, 2.75) is 6.42 Å². The lowest BCUT2D eigenvalue weighted by Gasteiger charge is -2.01. The normalized spacial score (nSPS) is 9.91. The topological polar surface area (TPSA) is 41.5 Å². The zero-order chi connectivity index (χ0) is 7.94. The highest BCUT2D eigenvalue weighted by Crippen LogP contribution is 2.16. The van der Waals surface area contributed by atoms with Gasteiger partial charge in [-0.05, 0) is 23.9 Å². The minimum atomic E-state index is 0.195. The van der Waals surface area contributed by atoms with Crippen molar-refractivity contribution in [2.24, 2.45) is 0 Å². The number of rotatable bonds is 5. The Morgan fingerprint density at radius 3 is 3.18 bits per heavy atom. The fourth-order valence-electron chi connectivity index (χ4n) is 0.595. The second kappa shape index (κ2) is 5.12. The lowest BCUT2D eigenvalue weighted by atomic mass is 10.5. The highest BCUT2D eigenvalue weighted by molar-refractivity contribution is 7.11. The minimum absolute atomic E-state index is 0.195. The Hall–Kier alpha value is -0.580. The smallest absolute Gasteiger partial charge is 0.200 e. The van der Waals surface area contributed by atoms with Crippen molar-refractivity contribution in [2.75, 3.05) is 13.2 Å². The van der Waals surface area contributed by atoms with Gasteiger partial charge in [0.15, 0.2) is 0 Å². The van der Waals surface area contributed by atoms with Gasteiger partial charge in [0.25, 0.3) is 0 Å². The van der Waals surface area contributed by atoms with Crippen LogP contribution in [0.4, 0.5) is 0 Å². The molecule has 11 heavy (non-hydrogen) atoms. The number of aliphatic hydroxyl groups is 1. The first-order chi connectivity index (χ1) is 5.43. The number of hydrogen-bond donors (Lipinski definition) is 2. The molecule has 0 aliphatic carbocycles. The van der Waals surface area contributed by atoms with Crippen LogP contribution < -0.4 is 10.3 Å². The summed E-state index contributed by atoms with van der Waals surface area (Å²) in [6.07, 6.45) is 0.714. The SMILES string of the molecule is OCCCNOc1cccs1. The molecule has 0 unspecified atom stereocenters. The molecule has 0 aromatic carbocycles. The van der Waals surface area contributed by atoms with Crippen molar-refractivity contribution < 1.29 is 9.94 Å². The summed E-state index contributed by atoms with van der Waals surface area (Å²) in [5, 5.41) is 11.2. The van der Waals surface area contributed by atoms with Crippen molar-refractivity contribution in [3.8, 4) is 5.06 Å². The van der Waals surface area contributed by atoms with Crippen LogP contribution in [0.1, 0.15) is 6.42 Å². The Labute approximate surface area is 69.6 Å². The molecule has 0 spiro atoms. The van der Waals surface area contributed by atoms with Crippen LogP contribution in [0.15, 0.2) is 17.5 Å². The Bertz CT molecular complexity index is 177. The van der Waals surface area contributed by atoms with Gasteiger partial charge in [-0.25, -0.2) is 0 Å². The summed E-state index contributed by atoms with van der Waals surface area (Å²) in [6.45, 7) is 0.870. The third-order valence-electron chi connectivity index (χ3n) is 1.10. The molecule has 0 saturated carbocycles. The fraction of sp³-hybridized carbons (Fsp3) is 0.429. The molecule has 1 heterocycles. The summed E-state index contributed by atoms with van der Waals surface area (Å²) in [7, 11) is 0. The van der Waals surface area contributed by atoms with E-state index in [1.165, 1.54) is 11.3 Å². The molecule has 62 valence electrons. The van der Waals surface area contributed by atoms with E-state index in [1.54, 1.807) is 0 Å². The van der Waals surface area contributed by atoms with Crippen LogP contribution in [0, 0.1) is 0 Å². The molecule has 0 fully saturated rings. The van der Waals surface area contributed by atoms with E-state index in [1.807, 2.05) is 17.5 Å². The summed E-state index contributed by atoms with van der Waals surface area (Å²) in [5.41, 5.74) is 2.74. The van der Waals surface area contributed by atoms with Gasteiger partial charge in [0.05, 0.1) is 0 Å². The van der Waals surface area contributed by atoms with E-state index in [0.717, 1.165) is 5.06 Å². The van der Waals surface area contributed by atoms with Crippen molar-refractivity contribution in [1.29, 1.82) is 0 Å². The Kier molecular flexibility index (Phi) is 3.96. The average molecular weight is 173 g/mol. The van der Waals surface area contributed by atoms with Crippen molar-refractivity contribution in [3.05, 3.63) is 17.5 Å². The molecule has 1 aromatic rings. The minimum Gasteiger partial charge on any atom is -0.398 e. The summed E-state index contributed by atoms with van der Waals surface area (Å²) in [6, 6.07) is 3.81. The van der Waals surface area contributed by atoms with E-state index in [4.69, 9.17) is 9.94 Å². The maximum absolute atomic E-state index is 8.43.